The molecule has 6 nitrogen and oxygen atoms in total. The van der Waals surface area contributed by atoms with E-state index in [4.69, 9.17) is 0 Å². The Labute approximate surface area is 146 Å². The largest absolute Gasteiger partial charge is 0.339 e. The normalized spacial score (nSPS) is 20.5. The van der Waals surface area contributed by atoms with Crippen LogP contribution in [0.5, 0.6) is 0 Å². The zero-order chi connectivity index (χ0) is 16.8. The first-order valence-electron chi connectivity index (χ1n) is 9.01. The van der Waals surface area contributed by atoms with Gasteiger partial charge in [-0.05, 0) is 36.8 Å². The Morgan fingerprint density at radius 1 is 1.16 bits per heavy atom. The Kier molecular flexibility index (Phi) is 3.36. The molecule has 1 amide bonds. The van der Waals surface area contributed by atoms with Crippen LogP contribution in [0.1, 0.15) is 36.9 Å². The first kappa shape index (κ1) is 14.7. The van der Waals surface area contributed by atoms with Crippen molar-refractivity contribution >= 4 is 16.8 Å². The second-order valence-electron chi connectivity index (χ2n) is 7.18. The SMILES string of the molecule is O=C(Cn1ccc2ccccc21)N1CC[C@H](n2cc(C3CC3)nn2)C1. The molecule has 3 heterocycles. The lowest BCUT2D eigenvalue weighted by molar-refractivity contribution is -0.130. The van der Waals surface area contributed by atoms with Crippen LogP contribution in [-0.2, 0) is 11.3 Å². The fourth-order valence-corrected chi connectivity index (χ4v) is 3.74. The molecule has 128 valence electrons. The third-order valence-corrected chi connectivity index (χ3v) is 5.40. The molecule has 2 aliphatic rings. The number of carbonyl (C=O) groups is 1. The summed E-state index contributed by atoms with van der Waals surface area (Å²) in [5, 5.41) is 9.76. The van der Waals surface area contributed by atoms with Crippen LogP contribution in [0.4, 0.5) is 0 Å². The van der Waals surface area contributed by atoms with Crippen LogP contribution in [0.25, 0.3) is 10.9 Å². The topological polar surface area (TPSA) is 56.0 Å². The van der Waals surface area contributed by atoms with Gasteiger partial charge >= 0.3 is 0 Å². The average Bonchev–Trinajstić information content (AvgIpc) is 3.04. The highest BCUT2D eigenvalue weighted by Gasteiger charge is 2.31. The Morgan fingerprint density at radius 3 is 2.92 bits per heavy atom. The minimum absolute atomic E-state index is 0.173. The highest BCUT2D eigenvalue weighted by atomic mass is 16.2. The Balaban J connectivity index is 1.26. The van der Waals surface area contributed by atoms with E-state index < -0.39 is 0 Å². The molecular formula is C19H21N5O. The quantitative estimate of drug-likeness (QED) is 0.736. The molecule has 3 aromatic rings. The molecule has 1 saturated heterocycles. The van der Waals surface area contributed by atoms with Gasteiger partial charge in [0, 0.05) is 36.9 Å². The first-order chi connectivity index (χ1) is 12.3. The molecule has 1 saturated carbocycles. The number of likely N-dealkylation sites (tertiary alicyclic amines) is 1. The summed E-state index contributed by atoms with van der Waals surface area (Å²) in [7, 11) is 0. The molecule has 0 bridgehead atoms. The summed E-state index contributed by atoms with van der Waals surface area (Å²) in [6, 6.07) is 10.5. The van der Waals surface area contributed by atoms with E-state index >= 15 is 0 Å². The molecule has 0 unspecified atom stereocenters. The maximum atomic E-state index is 12.7. The fraction of sp³-hybridized carbons (Fsp3) is 0.421. The van der Waals surface area contributed by atoms with Crippen molar-refractivity contribution in [3.05, 3.63) is 48.4 Å². The Bertz CT molecular complexity index is 923. The van der Waals surface area contributed by atoms with Crippen LogP contribution in [0.15, 0.2) is 42.7 Å². The molecule has 1 atom stereocenters. The van der Waals surface area contributed by atoms with Crippen molar-refractivity contribution in [2.24, 2.45) is 0 Å². The molecular weight excluding hydrogens is 314 g/mol. The van der Waals surface area contributed by atoms with Crippen LogP contribution < -0.4 is 0 Å². The standard InChI is InChI=1S/C19H21N5O/c25-19(13-22-9-7-15-3-1-2-4-18(15)22)23-10-8-16(11-23)24-12-17(20-21-24)14-5-6-14/h1-4,7,9,12,14,16H,5-6,8,10-11,13H2/t16-/m0/s1. The molecule has 2 fully saturated rings. The summed E-state index contributed by atoms with van der Waals surface area (Å²) < 4.78 is 4.00. The lowest BCUT2D eigenvalue weighted by Gasteiger charge is -2.17. The van der Waals surface area contributed by atoms with E-state index in [1.165, 1.54) is 18.2 Å². The molecule has 0 radical (unpaired) electrons. The second kappa shape index (κ2) is 5.72. The molecule has 5 rings (SSSR count). The van der Waals surface area contributed by atoms with Gasteiger partial charge in [-0.2, -0.15) is 0 Å². The summed E-state index contributed by atoms with van der Waals surface area (Å²) in [5.41, 5.74) is 2.22. The van der Waals surface area contributed by atoms with Gasteiger partial charge in [0.1, 0.15) is 6.54 Å². The van der Waals surface area contributed by atoms with Crippen molar-refractivity contribution in [1.29, 1.82) is 0 Å². The minimum atomic E-state index is 0.173. The number of fused-ring (bicyclic) bond motifs is 1. The summed E-state index contributed by atoms with van der Waals surface area (Å²) in [5.74, 6) is 0.793. The maximum Gasteiger partial charge on any atom is 0.242 e. The molecule has 1 aromatic carbocycles. The molecule has 25 heavy (non-hydrogen) atoms. The Hall–Kier alpha value is -2.63. The predicted octanol–water partition coefficient (Wildman–Crippen LogP) is 2.58. The number of hydrogen-bond acceptors (Lipinski definition) is 3. The summed E-state index contributed by atoms with van der Waals surface area (Å²) >= 11 is 0. The van der Waals surface area contributed by atoms with Gasteiger partial charge in [0.05, 0.1) is 11.7 Å². The second-order valence-corrected chi connectivity index (χ2v) is 7.18. The van der Waals surface area contributed by atoms with E-state index in [2.05, 4.69) is 34.7 Å². The molecule has 2 aromatic heterocycles. The molecule has 6 heteroatoms. The molecule has 0 N–H and O–H groups in total. The van der Waals surface area contributed by atoms with Crippen molar-refractivity contribution in [3.8, 4) is 0 Å². The van der Waals surface area contributed by atoms with Gasteiger partial charge in [0.2, 0.25) is 5.91 Å². The van der Waals surface area contributed by atoms with Crippen molar-refractivity contribution < 1.29 is 4.79 Å². The average molecular weight is 335 g/mol. The highest BCUT2D eigenvalue weighted by Crippen LogP contribution is 2.39. The predicted molar refractivity (Wildman–Crippen MR) is 94.2 cm³/mol. The van der Waals surface area contributed by atoms with E-state index in [-0.39, 0.29) is 11.9 Å². The third kappa shape index (κ3) is 2.71. The van der Waals surface area contributed by atoms with Gasteiger partial charge in [-0.3, -0.25) is 4.79 Å². The summed E-state index contributed by atoms with van der Waals surface area (Å²) in [4.78, 5) is 14.7. The van der Waals surface area contributed by atoms with E-state index in [0.29, 0.717) is 12.5 Å². The van der Waals surface area contributed by atoms with Gasteiger partial charge in [-0.1, -0.05) is 23.4 Å². The Morgan fingerprint density at radius 2 is 2.04 bits per heavy atom. The zero-order valence-electron chi connectivity index (χ0n) is 14.1. The van der Waals surface area contributed by atoms with Crippen LogP contribution in [0.3, 0.4) is 0 Å². The van der Waals surface area contributed by atoms with Gasteiger partial charge in [-0.25, -0.2) is 4.68 Å². The first-order valence-corrected chi connectivity index (χ1v) is 9.01. The van der Waals surface area contributed by atoms with Crippen LogP contribution in [0.2, 0.25) is 0 Å². The van der Waals surface area contributed by atoms with E-state index in [0.717, 1.165) is 30.7 Å². The molecule has 0 spiro atoms. The number of benzene rings is 1. The number of rotatable bonds is 4. The zero-order valence-corrected chi connectivity index (χ0v) is 14.1. The van der Waals surface area contributed by atoms with Crippen molar-refractivity contribution in [2.45, 2.75) is 37.8 Å². The van der Waals surface area contributed by atoms with E-state index in [1.54, 1.807) is 0 Å². The number of aromatic nitrogens is 4. The number of hydrogen-bond donors (Lipinski definition) is 0. The van der Waals surface area contributed by atoms with E-state index in [9.17, 15) is 4.79 Å². The van der Waals surface area contributed by atoms with Gasteiger partial charge in [-0.15, -0.1) is 5.10 Å². The van der Waals surface area contributed by atoms with Crippen molar-refractivity contribution in [1.82, 2.24) is 24.5 Å². The minimum Gasteiger partial charge on any atom is -0.339 e. The highest BCUT2D eigenvalue weighted by molar-refractivity contribution is 5.83. The fourth-order valence-electron chi connectivity index (χ4n) is 3.74. The third-order valence-electron chi connectivity index (χ3n) is 5.40. The molecule has 1 aliphatic carbocycles. The number of nitrogens with zero attached hydrogens (tertiary/aromatic N) is 5. The van der Waals surface area contributed by atoms with Crippen LogP contribution in [-0.4, -0.2) is 43.5 Å². The van der Waals surface area contributed by atoms with Crippen LogP contribution >= 0.6 is 0 Å². The summed E-state index contributed by atoms with van der Waals surface area (Å²) in [6.07, 6.45) is 7.49. The number of para-hydroxylation sites is 1. The molecule has 1 aliphatic heterocycles. The number of amides is 1. The summed E-state index contributed by atoms with van der Waals surface area (Å²) in [6.45, 7) is 1.91. The van der Waals surface area contributed by atoms with Gasteiger partial charge in [0.25, 0.3) is 0 Å². The van der Waals surface area contributed by atoms with Crippen LogP contribution in [0, 0.1) is 0 Å². The lowest BCUT2D eigenvalue weighted by atomic mass is 10.2. The van der Waals surface area contributed by atoms with Gasteiger partial charge in [0.15, 0.2) is 0 Å². The van der Waals surface area contributed by atoms with E-state index in [1.807, 2.05) is 32.5 Å². The smallest absolute Gasteiger partial charge is 0.242 e. The van der Waals surface area contributed by atoms with Gasteiger partial charge < -0.3 is 9.47 Å². The monoisotopic (exact) mass is 335 g/mol. The van der Waals surface area contributed by atoms with Crippen molar-refractivity contribution in [2.75, 3.05) is 13.1 Å². The maximum absolute atomic E-state index is 12.7. The van der Waals surface area contributed by atoms with Crippen molar-refractivity contribution in [3.63, 3.8) is 0 Å². The number of carbonyl (C=O) groups excluding carboxylic acids is 1. The lowest BCUT2D eigenvalue weighted by Crippen LogP contribution is -2.32.